The summed E-state index contributed by atoms with van der Waals surface area (Å²) in [5, 5.41) is 12.5. The summed E-state index contributed by atoms with van der Waals surface area (Å²) in [6.07, 6.45) is 3.13. The summed E-state index contributed by atoms with van der Waals surface area (Å²) in [7, 11) is 0. The molecule has 1 aromatic carbocycles. The highest BCUT2D eigenvalue weighted by molar-refractivity contribution is 7.16. The van der Waals surface area contributed by atoms with Crippen LogP contribution in [0, 0.1) is 11.8 Å². The van der Waals surface area contributed by atoms with Gasteiger partial charge >= 0.3 is 5.97 Å². The molecule has 23 heavy (non-hydrogen) atoms. The van der Waals surface area contributed by atoms with Gasteiger partial charge in [0.15, 0.2) is 5.13 Å². The number of thiazole rings is 1. The Bertz CT molecular complexity index is 799. The number of hydrogen-bond donors (Lipinski definition) is 2. The van der Waals surface area contributed by atoms with E-state index in [0.29, 0.717) is 18.0 Å². The average molecular weight is 328 g/mol. The predicted octanol–water partition coefficient (Wildman–Crippen LogP) is 2.96. The van der Waals surface area contributed by atoms with Crippen LogP contribution in [-0.4, -0.2) is 22.0 Å². The van der Waals surface area contributed by atoms with Gasteiger partial charge in [-0.1, -0.05) is 24.3 Å². The van der Waals surface area contributed by atoms with E-state index < -0.39 is 17.8 Å². The summed E-state index contributed by atoms with van der Waals surface area (Å²) in [4.78, 5) is 29.1. The number of benzene rings is 1. The maximum atomic E-state index is 12.3. The van der Waals surface area contributed by atoms with Gasteiger partial charge in [-0.2, -0.15) is 0 Å². The van der Waals surface area contributed by atoms with Crippen LogP contribution < -0.4 is 5.32 Å². The highest BCUT2D eigenvalue weighted by Gasteiger charge is 2.41. The Balaban J connectivity index is 1.55. The van der Waals surface area contributed by atoms with Gasteiger partial charge in [-0.3, -0.25) is 9.59 Å². The molecule has 0 bridgehead atoms. The third-order valence-electron chi connectivity index (χ3n) is 4.75. The van der Waals surface area contributed by atoms with Gasteiger partial charge in [0.25, 0.3) is 0 Å². The first-order chi connectivity index (χ1) is 11.1. The third kappa shape index (κ3) is 2.43. The van der Waals surface area contributed by atoms with Crippen LogP contribution in [0.5, 0.6) is 0 Å². The molecule has 0 aliphatic heterocycles. The highest BCUT2D eigenvalue weighted by Crippen LogP contribution is 2.39. The molecule has 0 radical (unpaired) electrons. The van der Waals surface area contributed by atoms with Gasteiger partial charge in [0.2, 0.25) is 5.91 Å². The van der Waals surface area contributed by atoms with E-state index in [9.17, 15) is 9.59 Å². The molecule has 1 saturated carbocycles. The van der Waals surface area contributed by atoms with Crippen LogP contribution in [0.1, 0.15) is 23.3 Å². The van der Waals surface area contributed by atoms with Crippen molar-refractivity contribution in [2.45, 2.75) is 25.7 Å². The molecule has 1 heterocycles. The van der Waals surface area contributed by atoms with Gasteiger partial charge in [-0.15, -0.1) is 11.3 Å². The molecular weight excluding hydrogens is 312 g/mol. The minimum Gasteiger partial charge on any atom is -0.481 e. The van der Waals surface area contributed by atoms with Crippen LogP contribution >= 0.6 is 11.3 Å². The summed E-state index contributed by atoms with van der Waals surface area (Å²) in [5.74, 6) is -2.09. The topological polar surface area (TPSA) is 79.3 Å². The molecule has 0 spiro atoms. The summed E-state index contributed by atoms with van der Waals surface area (Å²) in [5.41, 5.74) is 3.38. The standard InChI is InChI=1S/C17H16N2O3S/c20-15(11-6-7-12(11)16(21)22)19-17-18-14-10-4-2-1-3-9(10)5-8-13(14)23-17/h1-4,11-12H,5-8H2,(H,21,22)(H,18,19,20)/t11-,12-/m1/s1. The van der Waals surface area contributed by atoms with Crippen LogP contribution in [0.2, 0.25) is 0 Å². The third-order valence-corrected chi connectivity index (χ3v) is 5.78. The first-order valence-electron chi connectivity index (χ1n) is 7.75. The maximum absolute atomic E-state index is 12.3. The molecule has 2 aliphatic carbocycles. The Morgan fingerprint density at radius 2 is 1.96 bits per heavy atom. The zero-order valence-corrected chi connectivity index (χ0v) is 13.2. The van der Waals surface area contributed by atoms with E-state index in [1.54, 1.807) is 0 Å². The predicted molar refractivity (Wildman–Crippen MR) is 87.4 cm³/mol. The maximum Gasteiger partial charge on any atom is 0.307 e. The van der Waals surface area contributed by atoms with Crippen molar-refractivity contribution in [3.63, 3.8) is 0 Å². The highest BCUT2D eigenvalue weighted by atomic mass is 32.1. The van der Waals surface area contributed by atoms with Crippen molar-refractivity contribution < 1.29 is 14.7 Å². The van der Waals surface area contributed by atoms with Crippen LogP contribution in [0.25, 0.3) is 11.3 Å². The van der Waals surface area contributed by atoms with Crippen molar-refractivity contribution in [1.29, 1.82) is 0 Å². The van der Waals surface area contributed by atoms with E-state index in [4.69, 9.17) is 5.11 Å². The zero-order valence-electron chi connectivity index (χ0n) is 12.4. The number of aryl methyl sites for hydroxylation is 2. The second-order valence-electron chi connectivity index (χ2n) is 6.07. The Morgan fingerprint density at radius 3 is 2.70 bits per heavy atom. The normalized spacial score (nSPS) is 21.7. The van der Waals surface area contributed by atoms with Gasteiger partial charge in [0.1, 0.15) is 0 Å². The number of nitrogens with one attached hydrogen (secondary N) is 1. The Hall–Kier alpha value is -2.21. The monoisotopic (exact) mass is 328 g/mol. The van der Waals surface area contributed by atoms with Gasteiger partial charge in [0, 0.05) is 10.4 Å². The number of amides is 1. The van der Waals surface area contributed by atoms with Gasteiger partial charge in [-0.05, 0) is 31.2 Å². The fourth-order valence-corrected chi connectivity index (χ4v) is 4.29. The van der Waals surface area contributed by atoms with Crippen molar-refractivity contribution >= 4 is 28.3 Å². The van der Waals surface area contributed by atoms with Crippen LogP contribution in [0.3, 0.4) is 0 Å². The second kappa shape index (κ2) is 5.45. The molecule has 6 heteroatoms. The summed E-state index contributed by atoms with van der Waals surface area (Å²) < 4.78 is 0. The van der Waals surface area contributed by atoms with Crippen molar-refractivity contribution in [2.75, 3.05) is 5.32 Å². The summed E-state index contributed by atoms with van der Waals surface area (Å²) >= 11 is 1.50. The van der Waals surface area contributed by atoms with E-state index in [1.807, 2.05) is 12.1 Å². The number of hydrogen-bond acceptors (Lipinski definition) is 4. The smallest absolute Gasteiger partial charge is 0.307 e. The lowest BCUT2D eigenvalue weighted by molar-refractivity contribution is -0.151. The van der Waals surface area contributed by atoms with Crippen LogP contribution in [0.4, 0.5) is 5.13 Å². The zero-order chi connectivity index (χ0) is 16.0. The van der Waals surface area contributed by atoms with E-state index in [0.717, 1.165) is 24.1 Å². The van der Waals surface area contributed by atoms with E-state index in [-0.39, 0.29) is 5.91 Å². The number of carboxylic acid groups (broad SMARTS) is 1. The van der Waals surface area contributed by atoms with E-state index in [1.165, 1.54) is 21.8 Å². The first-order valence-corrected chi connectivity index (χ1v) is 8.57. The summed E-state index contributed by atoms with van der Waals surface area (Å²) in [6, 6.07) is 8.20. The molecule has 5 nitrogen and oxygen atoms in total. The van der Waals surface area contributed by atoms with E-state index >= 15 is 0 Å². The second-order valence-corrected chi connectivity index (χ2v) is 7.15. The number of rotatable bonds is 3. The van der Waals surface area contributed by atoms with Crippen LogP contribution in [-0.2, 0) is 22.4 Å². The first kappa shape index (κ1) is 14.4. The summed E-state index contributed by atoms with van der Waals surface area (Å²) in [6.45, 7) is 0. The molecule has 2 N–H and O–H groups in total. The fourth-order valence-electron chi connectivity index (χ4n) is 3.31. The van der Waals surface area contributed by atoms with Gasteiger partial charge in [0.05, 0.1) is 17.5 Å². The molecule has 2 aromatic rings. The molecule has 0 saturated heterocycles. The number of nitrogens with zero attached hydrogens (tertiary/aromatic N) is 1. The Labute approximate surface area is 137 Å². The number of carbonyl (C=O) groups excluding carboxylic acids is 1. The molecule has 0 unspecified atom stereocenters. The lowest BCUT2D eigenvalue weighted by atomic mass is 9.73. The van der Waals surface area contributed by atoms with Gasteiger partial charge in [-0.25, -0.2) is 4.98 Å². The number of carbonyl (C=O) groups is 2. The largest absolute Gasteiger partial charge is 0.481 e. The molecular formula is C17H16N2O3S. The minimum absolute atomic E-state index is 0.219. The van der Waals surface area contributed by atoms with Crippen molar-refractivity contribution in [3.8, 4) is 11.3 Å². The fraction of sp³-hybridized carbons (Fsp3) is 0.353. The van der Waals surface area contributed by atoms with Crippen LogP contribution in [0.15, 0.2) is 24.3 Å². The lowest BCUT2D eigenvalue weighted by Gasteiger charge is -2.31. The quantitative estimate of drug-likeness (QED) is 0.908. The van der Waals surface area contributed by atoms with Crippen molar-refractivity contribution in [3.05, 3.63) is 34.7 Å². The van der Waals surface area contributed by atoms with Crippen molar-refractivity contribution in [1.82, 2.24) is 4.98 Å². The number of aromatic nitrogens is 1. The molecule has 1 fully saturated rings. The molecule has 2 aliphatic rings. The minimum atomic E-state index is -0.885. The Morgan fingerprint density at radius 1 is 1.17 bits per heavy atom. The van der Waals surface area contributed by atoms with E-state index in [2.05, 4.69) is 22.4 Å². The molecule has 4 rings (SSSR count). The van der Waals surface area contributed by atoms with Gasteiger partial charge < -0.3 is 10.4 Å². The Kier molecular flexibility index (Phi) is 3.41. The van der Waals surface area contributed by atoms with Crippen molar-refractivity contribution in [2.24, 2.45) is 11.8 Å². The number of anilines is 1. The lowest BCUT2D eigenvalue weighted by Crippen LogP contribution is -2.41. The average Bonchev–Trinajstić information content (AvgIpc) is 2.88. The molecule has 1 amide bonds. The SMILES string of the molecule is O=C(O)[C@@H]1CC[C@H]1C(=O)Nc1nc2c(s1)CCc1ccccc1-2. The number of carboxylic acids is 1. The number of aliphatic carboxylic acids is 1. The molecule has 118 valence electrons. The molecule has 1 aromatic heterocycles. The molecule has 2 atom stereocenters. The number of fused-ring (bicyclic) bond motifs is 3.